The van der Waals surface area contributed by atoms with Crippen LogP contribution in [0.5, 0.6) is 0 Å². The summed E-state index contributed by atoms with van der Waals surface area (Å²) in [7, 11) is 0. The third kappa shape index (κ3) is 3.01. The average Bonchev–Trinajstić information content (AvgIpc) is 2.90. The summed E-state index contributed by atoms with van der Waals surface area (Å²) in [6.07, 6.45) is 1.35. The van der Waals surface area contributed by atoms with Crippen molar-refractivity contribution in [2.24, 2.45) is 0 Å². The van der Waals surface area contributed by atoms with E-state index in [9.17, 15) is 4.79 Å². The number of amides is 1. The van der Waals surface area contributed by atoms with Gasteiger partial charge in [0.2, 0.25) is 11.8 Å². The van der Waals surface area contributed by atoms with Gasteiger partial charge >= 0.3 is 0 Å². The second-order valence-corrected chi connectivity index (χ2v) is 5.37. The lowest BCUT2D eigenvalue weighted by Crippen LogP contribution is -2.10. The number of aryl methyl sites for hydroxylation is 1. The van der Waals surface area contributed by atoms with E-state index >= 15 is 0 Å². The molecule has 0 radical (unpaired) electrons. The van der Waals surface area contributed by atoms with E-state index in [-0.39, 0.29) is 5.91 Å². The molecule has 0 fully saturated rings. The molecule has 1 aromatic heterocycles. The van der Waals surface area contributed by atoms with E-state index < -0.39 is 0 Å². The van der Waals surface area contributed by atoms with Crippen LogP contribution in [0.2, 0.25) is 0 Å². The molecule has 3 rings (SSSR count). The topological polar surface area (TPSA) is 55.1 Å². The highest BCUT2D eigenvalue weighted by atomic mass is 16.3. The molecule has 2 aromatic carbocycles. The fourth-order valence-corrected chi connectivity index (χ4v) is 2.34. The Labute approximate surface area is 129 Å². The molecule has 112 valence electrons. The van der Waals surface area contributed by atoms with Gasteiger partial charge in [0.1, 0.15) is 5.52 Å². The van der Waals surface area contributed by atoms with Crippen LogP contribution in [-0.4, -0.2) is 10.9 Å². The minimum absolute atomic E-state index is 0.0211. The highest BCUT2D eigenvalue weighted by molar-refractivity contribution is 5.91. The van der Waals surface area contributed by atoms with Crippen LogP contribution in [0.15, 0.2) is 46.9 Å². The molecule has 1 heterocycles. The third-order valence-electron chi connectivity index (χ3n) is 3.41. The molecular formula is C18H18N2O2. The van der Waals surface area contributed by atoms with Crippen molar-refractivity contribution >= 4 is 22.7 Å². The van der Waals surface area contributed by atoms with Crippen LogP contribution in [0.3, 0.4) is 0 Å². The zero-order valence-electron chi connectivity index (χ0n) is 12.7. The van der Waals surface area contributed by atoms with Crippen molar-refractivity contribution in [3.8, 4) is 11.5 Å². The van der Waals surface area contributed by atoms with E-state index in [0.29, 0.717) is 12.3 Å². The van der Waals surface area contributed by atoms with E-state index in [0.717, 1.165) is 34.3 Å². The van der Waals surface area contributed by atoms with Crippen molar-refractivity contribution in [2.45, 2.75) is 26.7 Å². The molecule has 0 unspecified atom stereocenters. The van der Waals surface area contributed by atoms with Crippen molar-refractivity contribution in [3.05, 3.63) is 48.0 Å². The van der Waals surface area contributed by atoms with Crippen molar-refractivity contribution < 1.29 is 9.21 Å². The molecule has 1 amide bonds. The summed E-state index contributed by atoms with van der Waals surface area (Å²) in [5, 5.41) is 2.89. The van der Waals surface area contributed by atoms with Crippen LogP contribution in [0, 0.1) is 6.92 Å². The Morgan fingerprint density at radius 3 is 2.91 bits per heavy atom. The quantitative estimate of drug-likeness (QED) is 0.768. The number of hydrogen-bond acceptors (Lipinski definition) is 3. The summed E-state index contributed by atoms with van der Waals surface area (Å²) in [6, 6.07) is 13.5. The SMILES string of the molecule is CCCC(=O)Nc1cccc(-c2nc3cc(C)ccc3o2)c1. The molecule has 4 nitrogen and oxygen atoms in total. The minimum atomic E-state index is 0.0211. The number of aromatic nitrogens is 1. The summed E-state index contributed by atoms with van der Waals surface area (Å²) in [4.78, 5) is 16.2. The Balaban J connectivity index is 1.91. The zero-order chi connectivity index (χ0) is 15.5. The van der Waals surface area contributed by atoms with Gasteiger partial charge in [0.15, 0.2) is 5.58 Å². The van der Waals surface area contributed by atoms with Gasteiger partial charge < -0.3 is 9.73 Å². The Morgan fingerprint density at radius 1 is 1.23 bits per heavy atom. The second-order valence-electron chi connectivity index (χ2n) is 5.37. The van der Waals surface area contributed by atoms with Crippen LogP contribution < -0.4 is 5.32 Å². The standard InChI is InChI=1S/C18H18N2O2/c1-3-5-17(21)19-14-7-4-6-13(11-14)18-20-15-10-12(2)8-9-16(15)22-18/h4,6-11H,3,5H2,1-2H3,(H,19,21). The number of fused-ring (bicyclic) bond motifs is 1. The highest BCUT2D eigenvalue weighted by Gasteiger charge is 2.09. The lowest BCUT2D eigenvalue weighted by Gasteiger charge is -2.05. The molecule has 22 heavy (non-hydrogen) atoms. The first kappa shape index (κ1) is 14.3. The number of hydrogen-bond donors (Lipinski definition) is 1. The van der Waals surface area contributed by atoms with Gasteiger partial charge in [0.25, 0.3) is 0 Å². The van der Waals surface area contributed by atoms with Gasteiger partial charge in [-0.05, 0) is 49.2 Å². The summed E-state index contributed by atoms with van der Waals surface area (Å²) >= 11 is 0. The zero-order valence-corrected chi connectivity index (χ0v) is 12.7. The predicted molar refractivity (Wildman–Crippen MR) is 87.7 cm³/mol. The van der Waals surface area contributed by atoms with Crippen LogP contribution in [0.4, 0.5) is 5.69 Å². The first-order valence-corrected chi connectivity index (χ1v) is 7.43. The number of nitrogens with one attached hydrogen (secondary N) is 1. The van der Waals surface area contributed by atoms with Crippen LogP contribution in [-0.2, 0) is 4.79 Å². The molecule has 4 heteroatoms. The molecular weight excluding hydrogens is 276 g/mol. The number of oxazole rings is 1. The summed E-state index contributed by atoms with van der Waals surface area (Å²) < 4.78 is 5.79. The van der Waals surface area contributed by atoms with Crippen molar-refractivity contribution in [1.29, 1.82) is 0 Å². The molecule has 0 bridgehead atoms. The first-order valence-electron chi connectivity index (χ1n) is 7.43. The Kier molecular flexibility index (Phi) is 3.92. The van der Waals surface area contributed by atoms with Gasteiger partial charge in [-0.25, -0.2) is 4.98 Å². The first-order chi connectivity index (χ1) is 10.7. The summed E-state index contributed by atoms with van der Waals surface area (Å²) in [5.41, 5.74) is 4.36. The van der Waals surface area contributed by atoms with Crippen LogP contribution in [0.25, 0.3) is 22.6 Å². The number of carbonyl (C=O) groups is 1. The van der Waals surface area contributed by atoms with Gasteiger partial charge in [-0.15, -0.1) is 0 Å². The van der Waals surface area contributed by atoms with Crippen molar-refractivity contribution in [1.82, 2.24) is 4.98 Å². The third-order valence-corrected chi connectivity index (χ3v) is 3.41. The lowest BCUT2D eigenvalue weighted by atomic mass is 10.2. The Morgan fingerprint density at radius 2 is 2.09 bits per heavy atom. The van der Waals surface area contributed by atoms with Crippen molar-refractivity contribution in [2.75, 3.05) is 5.32 Å². The molecule has 0 atom stereocenters. The number of rotatable bonds is 4. The molecule has 0 saturated carbocycles. The van der Waals surface area contributed by atoms with Gasteiger partial charge in [0.05, 0.1) is 0 Å². The number of nitrogens with zero attached hydrogens (tertiary/aromatic N) is 1. The Bertz CT molecular complexity index is 821. The monoisotopic (exact) mass is 294 g/mol. The van der Waals surface area contributed by atoms with Gasteiger partial charge in [0, 0.05) is 17.7 Å². The molecule has 3 aromatic rings. The number of anilines is 1. The van der Waals surface area contributed by atoms with E-state index in [1.807, 2.05) is 56.3 Å². The normalized spacial score (nSPS) is 10.8. The maximum Gasteiger partial charge on any atom is 0.227 e. The fourth-order valence-electron chi connectivity index (χ4n) is 2.34. The Hall–Kier alpha value is -2.62. The second kappa shape index (κ2) is 6.02. The molecule has 0 aliphatic heterocycles. The van der Waals surface area contributed by atoms with Gasteiger partial charge in [-0.2, -0.15) is 0 Å². The number of benzene rings is 2. The summed E-state index contributed by atoms with van der Waals surface area (Å²) in [5.74, 6) is 0.583. The lowest BCUT2D eigenvalue weighted by molar-refractivity contribution is -0.116. The smallest absolute Gasteiger partial charge is 0.227 e. The van der Waals surface area contributed by atoms with E-state index in [1.54, 1.807) is 0 Å². The van der Waals surface area contributed by atoms with Crippen LogP contribution >= 0.6 is 0 Å². The maximum atomic E-state index is 11.7. The van der Waals surface area contributed by atoms with Crippen LogP contribution in [0.1, 0.15) is 25.3 Å². The molecule has 0 aliphatic rings. The fraction of sp³-hybridized carbons (Fsp3) is 0.222. The minimum Gasteiger partial charge on any atom is -0.436 e. The van der Waals surface area contributed by atoms with E-state index in [4.69, 9.17) is 4.42 Å². The van der Waals surface area contributed by atoms with Crippen molar-refractivity contribution in [3.63, 3.8) is 0 Å². The predicted octanol–water partition coefficient (Wildman–Crippen LogP) is 4.54. The highest BCUT2D eigenvalue weighted by Crippen LogP contribution is 2.26. The van der Waals surface area contributed by atoms with Gasteiger partial charge in [-0.3, -0.25) is 4.79 Å². The van der Waals surface area contributed by atoms with E-state index in [1.165, 1.54) is 0 Å². The average molecular weight is 294 g/mol. The maximum absolute atomic E-state index is 11.7. The van der Waals surface area contributed by atoms with E-state index in [2.05, 4.69) is 10.3 Å². The molecule has 0 saturated heterocycles. The molecule has 0 spiro atoms. The molecule has 1 N–H and O–H groups in total. The van der Waals surface area contributed by atoms with Gasteiger partial charge in [-0.1, -0.05) is 19.1 Å². The summed E-state index contributed by atoms with van der Waals surface area (Å²) in [6.45, 7) is 4.01. The molecule has 0 aliphatic carbocycles. The number of carbonyl (C=O) groups excluding carboxylic acids is 1. The largest absolute Gasteiger partial charge is 0.436 e.